The number of hydrogen-bond acceptors (Lipinski definition) is 5. The molecule has 116 valence electrons. The minimum atomic E-state index is -0.622. The van der Waals surface area contributed by atoms with Gasteiger partial charge in [-0.25, -0.2) is 9.37 Å². The third-order valence-electron chi connectivity index (χ3n) is 3.96. The van der Waals surface area contributed by atoms with Crippen LogP contribution in [-0.4, -0.2) is 9.91 Å². The van der Waals surface area contributed by atoms with Gasteiger partial charge in [0.15, 0.2) is 0 Å². The maximum absolute atomic E-state index is 13.5. The van der Waals surface area contributed by atoms with Gasteiger partial charge in [0, 0.05) is 6.20 Å². The van der Waals surface area contributed by atoms with Gasteiger partial charge in [-0.3, -0.25) is 10.1 Å². The molecule has 0 fully saturated rings. The Balaban J connectivity index is 2.00. The number of pyridine rings is 1. The van der Waals surface area contributed by atoms with Crippen LogP contribution in [0.4, 0.5) is 15.9 Å². The summed E-state index contributed by atoms with van der Waals surface area (Å²) in [6, 6.07) is 7.44. The van der Waals surface area contributed by atoms with Gasteiger partial charge in [-0.2, -0.15) is 5.26 Å². The third kappa shape index (κ3) is 2.83. The number of fused-ring (bicyclic) bond motifs is 1. The van der Waals surface area contributed by atoms with Gasteiger partial charge in [0.1, 0.15) is 17.4 Å². The van der Waals surface area contributed by atoms with Gasteiger partial charge in [-0.05, 0) is 48.6 Å². The van der Waals surface area contributed by atoms with Gasteiger partial charge in [-0.1, -0.05) is 6.07 Å². The number of hydrogen-bond donors (Lipinski definition) is 1. The van der Waals surface area contributed by atoms with E-state index >= 15 is 0 Å². The summed E-state index contributed by atoms with van der Waals surface area (Å²) in [6.07, 6.45) is 3.80. The molecule has 23 heavy (non-hydrogen) atoms. The van der Waals surface area contributed by atoms with Gasteiger partial charge in [0.25, 0.3) is 0 Å². The molecule has 0 saturated heterocycles. The molecule has 0 saturated carbocycles. The van der Waals surface area contributed by atoms with Crippen molar-refractivity contribution in [1.82, 2.24) is 4.98 Å². The van der Waals surface area contributed by atoms with E-state index in [1.54, 1.807) is 12.1 Å². The Hall–Kier alpha value is -3.01. The fourth-order valence-corrected chi connectivity index (χ4v) is 2.92. The van der Waals surface area contributed by atoms with E-state index in [1.165, 1.54) is 24.4 Å². The Bertz CT molecular complexity index is 816. The lowest BCUT2D eigenvalue weighted by Crippen LogP contribution is -2.19. The number of nitriles is 1. The number of anilines is 1. The predicted octanol–water partition coefficient (Wildman–Crippen LogP) is 3.49. The monoisotopic (exact) mass is 312 g/mol. The molecule has 1 aliphatic carbocycles. The average molecular weight is 312 g/mol. The van der Waals surface area contributed by atoms with E-state index in [9.17, 15) is 14.5 Å². The van der Waals surface area contributed by atoms with E-state index in [0.717, 1.165) is 24.0 Å². The topological polar surface area (TPSA) is 91.8 Å². The van der Waals surface area contributed by atoms with Crippen molar-refractivity contribution in [2.75, 3.05) is 5.32 Å². The van der Waals surface area contributed by atoms with Crippen LogP contribution in [0.1, 0.15) is 35.6 Å². The van der Waals surface area contributed by atoms with Gasteiger partial charge < -0.3 is 5.32 Å². The second-order valence-electron chi connectivity index (χ2n) is 5.36. The highest BCUT2D eigenvalue weighted by atomic mass is 19.1. The molecule has 1 aromatic heterocycles. The first kappa shape index (κ1) is 14.9. The summed E-state index contributed by atoms with van der Waals surface area (Å²) in [4.78, 5) is 14.6. The fourth-order valence-electron chi connectivity index (χ4n) is 2.92. The Morgan fingerprint density at radius 3 is 3.00 bits per heavy atom. The van der Waals surface area contributed by atoms with Crippen molar-refractivity contribution in [3.8, 4) is 6.07 Å². The number of halogens is 1. The van der Waals surface area contributed by atoms with Crippen LogP contribution in [0, 0.1) is 27.3 Å². The maximum atomic E-state index is 13.5. The minimum absolute atomic E-state index is 0.0381. The Morgan fingerprint density at radius 2 is 2.26 bits per heavy atom. The van der Waals surface area contributed by atoms with Crippen LogP contribution in [-0.2, 0) is 6.42 Å². The number of nitro groups is 1. The molecule has 0 radical (unpaired) electrons. The molecule has 1 heterocycles. The van der Waals surface area contributed by atoms with Gasteiger partial charge in [-0.15, -0.1) is 0 Å². The standard InChI is InChI=1S/C16H13FN4O2/c17-12-5-4-10-2-1-3-14(13(10)8-12)20-16-15(21(22)23)11(9-18)6-7-19-16/h4-8,14H,1-3H2,(H,19,20). The van der Waals surface area contributed by atoms with Gasteiger partial charge >= 0.3 is 5.69 Å². The van der Waals surface area contributed by atoms with Crippen LogP contribution >= 0.6 is 0 Å². The maximum Gasteiger partial charge on any atom is 0.328 e. The first-order chi connectivity index (χ1) is 11.1. The van der Waals surface area contributed by atoms with Crippen LogP contribution < -0.4 is 5.32 Å². The molecular weight excluding hydrogens is 299 g/mol. The first-order valence-electron chi connectivity index (χ1n) is 7.18. The predicted molar refractivity (Wildman–Crippen MR) is 81.3 cm³/mol. The summed E-state index contributed by atoms with van der Waals surface area (Å²) in [7, 11) is 0. The molecule has 1 aliphatic rings. The zero-order valence-electron chi connectivity index (χ0n) is 12.1. The van der Waals surface area contributed by atoms with Crippen LogP contribution in [0.3, 0.4) is 0 Å². The zero-order valence-corrected chi connectivity index (χ0v) is 12.1. The van der Waals surface area contributed by atoms with Crippen LogP contribution in [0.25, 0.3) is 0 Å². The van der Waals surface area contributed by atoms with Crippen molar-refractivity contribution in [3.05, 3.63) is 63.1 Å². The minimum Gasteiger partial charge on any atom is -0.357 e. The van der Waals surface area contributed by atoms with E-state index in [1.807, 2.05) is 0 Å². The normalized spacial score (nSPS) is 16.3. The highest BCUT2D eigenvalue weighted by molar-refractivity contribution is 5.64. The van der Waals surface area contributed by atoms with Gasteiger partial charge in [0.05, 0.1) is 11.0 Å². The first-order valence-corrected chi connectivity index (χ1v) is 7.18. The highest BCUT2D eigenvalue weighted by Gasteiger charge is 2.26. The molecule has 0 amide bonds. The molecule has 1 N–H and O–H groups in total. The van der Waals surface area contributed by atoms with Crippen LogP contribution in [0.15, 0.2) is 30.5 Å². The van der Waals surface area contributed by atoms with Crippen molar-refractivity contribution in [2.24, 2.45) is 0 Å². The number of aryl methyl sites for hydroxylation is 1. The number of aromatic nitrogens is 1. The second kappa shape index (κ2) is 6.01. The summed E-state index contributed by atoms with van der Waals surface area (Å²) < 4.78 is 13.5. The fraction of sp³-hybridized carbons (Fsp3) is 0.250. The van der Waals surface area contributed by atoms with Crippen molar-refractivity contribution >= 4 is 11.5 Å². The summed E-state index contributed by atoms with van der Waals surface area (Å²) >= 11 is 0. The number of rotatable bonds is 3. The van der Waals surface area contributed by atoms with E-state index in [2.05, 4.69) is 10.3 Å². The Labute approximate surface area is 131 Å². The molecule has 1 aromatic carbocycles. The van der Waals surface area contributed by atoms with Crippen LogP contribution in [0.5, 0.6) is 0 Å². The summed E-state index contributed by atoms with van der Waals surface area (Å²) in [5, 5.41) is 23.3. The van der Waals surface area contributed by atoms with E-state index in [0.29, 0.717) is 6.42 Å². The van der Waals surface area contributed by atoms with Crippen molar-refractivity contribution in [2.45, 2.75) is 25.3 Å². The number of nitrogens with one attached hydrogen (secondary N) is 1. The Kier molecular flexibility index (Phi) is 3.89. The quantitative estimate of drug-likeness (QED) is 0.692. The van der Waals surface area contributed by atoms with Crippen molar-refractivity contribution in [3.63, 3.8) is 0 Å². The molecule has 1 unspecified atom stereocenters. The molecule has 6 nitrogen and oxygen atoms in total. The smallest absolute Gasteiger partial charge is 0.328 e. The van der Waals surface area contributed by atoms with E-state index in [4.69, 9.17) is 5.26 Å². The number of nitrogens with zero attached hydrogens (tertiary/aromatic N) is 3. The molecule has 0 spiro atoms. The zero-order chi connectivity index (χ0) is 16.4. The highest BCUT2D eigenvalue weighted by Crippen LogP contribution is 2.35. The van der Waals surface area contributed by atoms with Crippen LogP contribution in [0.2, 0.25) is 0 Å². The lowest BCUT2D eigenvalue weighted by Gasteiger charge is -2.26. The molecule has 7 heteroatoms. The lowest BCUT2D eigenvalue weighted by atomic mass is 9.87. The molecule has 2 aromatic rings. The molecular formula is C16H13FN4O2. The van der Waals surface area contributed by atoms with E-state index < -0.39 is 4.92 Å². The van der Waals surface area contributed by atoms with Crippen molar-refractivity contribution < 1.29 is 9.31 Å². The lowest BCUT2D eigenvalue weighted by molar-refractivity contribution is -0.384. The molecule has 1 atom stereocenters. The molecule has 0 aliphatic heterocycles. The number of benzene rings is 1. The molecule has 3 rings (SSSR count). The SMILES string of the molecule is N#Cc1ccnc(NC2CCCc3ccc(F)cc32)c1[N+](=O)[O-]. The second-order valence-corrected chi connectivity index (χ2v) is 5.36. The molecule has 0 bridgehead atoms. The van der Waals surface area contributed by atoms with Crippen molar-refractivity contribution in [1.29, 1.82) is 5.26 Å². The third-order valence-corrected chi connectivity index (χ3v) is 3.96. The van der Waals surface area contributed by atoms with E-state index in [-0.39, 0.29) is 28.9 Å². The largest absolute Gasteiger partial charge is 0.357 e. The summed E-state index contributed by atoms with van der Waals surface area (Å²) in [5.74, 6) is -0.304. The average Bonchev–Trinajstić information content (AvgIpc) is 2.55. The summed E-state index contributed by atoms with van der Waals surface area (Å²) in [6.45, 7) is 0. The Morgan fingerprint density at radius 1 is 1.43 bits per heavy atom. The van der Waals surface area contributed by atoms with Gasteiger partial charge in [0.2, 0.25) is 5.82 Å². The summed E-state index contributed by atoms with van der Waals surface area (Å²) in [5.41, 5.74) is 1.41.